The molecule has 1 heterocycles. The number of amides is 1. The molecule has 0 radical (unpaired) electrons. The molecule has 1 amide bonds. The van der Waals surface area contributed by atoms with Gasteiger partial charge in [0.05, 0.1) is 19.4 Å². The van der Waals surface area contributed by atoms with E-state index in [9.17, 15) is 9.90 Å². The maximum atomic E-state index is 11.8. The van der Waals surface area contributed by atoms with Gasteiger partial charge in [0.25, 0.3) is 0 Å². The topological polar surface area (TPSA) is 109 Å². The Morgan fingerprint density at radius 2 is 1.95 bits per heavy atom. The van der Waals surface area contributed by atoms with Crippen molar-refractivity contribution in [2.24, 2.45) is 0 Å². The third-order valence-electron chi connectivity index (χ3n) is 5.45. The Kier molecular flexibility index (Phi) is 10.5. The highest BCUT2D eigenvalue weighted by Gasteiger charge is 2.16. The number of aromatic nitrogens is 2. The number of aliphatic hydroxyl groups excluding tert-OH is 1. The van der Waals surface area contributed by atoms with Crippen molar-refractivity contribution < 1.29 is 19.4 Å². The van der Waals surface area contributed by atoms with Crippen molar-refractivity contribution in [3.63, 3.8) is 0 Å². The molecule has 38 heavy (non-hydrogen) atoms. The number of hydrogen-bond acceptors (Lipinski definition) is 8. The normalized spacial score (nSPS) is 11.4. The smallest absolute Gasteiger partial charge is 0.407 e. The minimum atomic E-state index is -0.509. The van der Waals surface area contributed by atoms with Crippen LogP contribution >= 0.6 is 15.9 Å². The van der Waals surface area contributed by atoms with E-state index in [1.807, 2.05) is 64.2 Å². The molecule has 3 N–H and O–H groups in total. The van der Waals surface area contributed by atoms with Crippen LogP contribution in [0.25, 0.3) is 11.3 Å². The predicted molar refractivity (Wildman–Crippen MR) is 153 cm³/mol. The molecule has 0 bridgehead atoms. The Hall–Kier alpha value is -3.21. The first-order chi connectivity index (χ1) is 18.1. The lowest BCUT2D eigenvalue weighted by Gasteiger charge is -2.21. The van der Waals surface area contributed by atoms with Crippen LogP contribution in [0.5, 0.6) is 5.75 Å². The average molecular weight is 587 g/mol. The Morgan fingerprint density at radius 3 is 2.66 bits per heavy atom. The first-order valence-electron chi connectivity index (χ1n) is 12.4. The molecule has 3 aromatic rings. The molecule has 0 saturated heterocycles. The first-order valence-corrected chi connectivity index (χ1v) is 13.2. The van der Waals surface area contributed by atoms with E-state index in [-0.39, 0.29) is 6.61 Å². The first kappa shape index (κ1) is 29.3. The van der Waals surface area contributed by atoms with Crippen molar-refractivity contribution in [1.29, 1.82) is 0 Å². The summed E-state index contributed by atoms with van der Waals surface area (Å²) in [6.45, 7) is 7.46. The van der Waals surface area contributed by atoms with Crippen molar-refractivity contribution in [3.05, 3.63) is 64.3 Å². The highest BCUT2D eigenvalue weighted by molar-refractivity contribution is 9.10. The van der Waals surface area contributed by atoms with E-state index in [2.05, 4.69) is 42.5 Å². The molecule has 10 heteroatoms. The molecule has 0 unspecified atom stereocenters. The molecule has 204 valence electrons. The molecule has 0 aliphatic rings. The van der Waals surface area contributed by atoms with Crippen LogP contribution in [0.3, 0.4) is 0 Å². The van der Waals surface area contributed by atoms with E-state index in [1.54, 1.807) is 13.3 Å². The highest BCUT2D eigenvalue weighted by atomic mass is 79.9. The number of alkyl carbamates (subject to hydrolysis) is 1. The lowest BCUT2D eigenvalue weighted by molar-refractivity contribution is 0.0526. The summed E-state index contributed by atoms with van der Waals surface area (Å²) in [5, 5.41) is 15.5. The SMILES string of the molecule is COc1ccc(-c2ccnc(Nc3cc(Br)cc(CO)c3)n2)cc1CN(C)CCCNC(=O)OC(C)(C)C. The molecule has 1 aromatic heterocycles. The van der Waals surface area contributed by atoms with E-state index in [0.29, 0.717) is 19.0 Å². The number of anilines is 2. The Balaban J connectivity index is 1.65. The van der Waals surface area contributed by atoms with Gasteiger partial charge in [0.2, 0.25) is 5.95 Å². The lowest BCUT2D eigenvalue weighted by Crippen LogP contribution is -2.34. The molecule has 3 rings (SSSR count). The second-order valence-electron chi connectivity index (χ2n) is 9.94. The van der Waals surface area contributed by atoms with Gasteiger partial charge in [0.1, 0.15) is 11.4 Å². The molecule has 0 aliphatic heterocycles. The lowest BCUT2D eigenvalue weighted by atomic mass is 10.1. The van der Waals surface area contributed by atoms with Crippen molar-refractivity contribution in [2.75, 3.05) is 32.6 Å². The van der Waals surface area contributed by atoms with Crippen LogP contribution in [0.15, 0.2) is 53.1 Å². The van der Waals surface area contributed by atoms with Gasteiger partial charge in [-0.05, 0) is 88.8 Å². The van der Waals surface area contributed by atoms with Crippen LogP contribution in [0.4, 0.5) is 16.4 Å². The van der Waals surface area contributed by atoms with Crippen LogP contribution in [0.1, 0.15) is 38.3 Å². The minimum Gasteiger partial charge on any atom is -0.496 e. The summed E-state index contributed by atoms with van der Waals surface area (Å²) in [7, 11) is 3.69. The largest absolute Gasteiger partial charge is 0.496 e. The summed E-state index contributed by atoms with van der Waals surface area (Å²) in [6, 6.07) is 13.5. The number of benzene rings is 2. The third-order valence-corrected chi connectivity index (χ3v) is 5.91. The fraction of sp³-hybridized carbons (Fsp3) is 0.393. The number of nitrogens with one attached hydrogen (secondary N) is 2. The van der Waals surface area contributed by atoms with Crippen LogP contribution < -0.4 is 15.4 Å². The summed E-state index contributed by atoms with van der Waals surface area (Å²) in [4.78, 5) is 23.1. The number of methoxy groups -OCH3 is 1. The quantitative estimate of drug-likeness (QED) is 0.253. The highest BCUT2D eigenvalue weighted by Crippen LogP contribution is 2.28. The number of carbonyl (C=O) groups excluding carboxylic acids is 1. The molecule has 0 fully saturated rings. The number of ether oxygens (including phenoxy) is 2. The number of nitrogens with zero attached hydrogens (tertiary/aromatic N) is 3. The van der Waals surface area contributed by atoms with E-state index in [0.717, 1.165) is 51.3 Å². The van der Waals surface area contributed by atoms with Crippen molar-refractivity contribution in [2.45, 2.75) is 45.9 Å². The monoisotopic (exact) mass is 585 g/mol. The summed E-state index contributed by atoms with van der Waals surface area (Å²) in [5.41, 5.74) is 3.79. The zero-order chi connectivity index (χ0) is 27.7. The fourth-order valence-corrected chi connectivity index (χ4v) is 4.35. The van der Waals surface area contributed by atoms with Crippen molar-refractivity contribution in [1.82, 2.24) is 20.2 Å². The van der Waals surface area contributed by atoms with E-state index < -0.39 is 11.7 Å². The number of halogens is 1. The van der Waals surface area contributed by atoms with Gasteiger partial charge in [-0.25, -0.2) is 14.8 Å². The van der Waals surface area contributed by atoms with Gasteiger partial charge in [-0.1, -0.05) is 15.9 Å². The minimum absolute atomic E-state index is 0.0572. The molecule has 0 atom stereocenters. The second-order valence-corrected chi connectivity index (χ2v) is 10.9. The molecule has 0 aliphatic carbocycles. The summed E-state index contributed by atoms with van der Waals surface area (Å²) in [6.07, 6.45) is 2.09. The number of aliphatic hydroxyl groups is 1. The van der Waals surface area contributed by atoms with E-state index >= 15 is 0 Å². The molecule has 0 spiro atoms. The zero-order valence-electron chi connectivity index (χ0n) is 22.5. The number of hydrogen-bond donors (Lipinski definition) is 3. The maximum Gasteiger partial charge on any atom is 0.407 e. The van der Waals surface area contributed by atoms with Crippen LogP contribution in [0, 0.1) is 0 Å². The zero-order valence-corrected chi connectivity index (χ0v) is 24.1. The van der Waals surface area contributed by atoms with Gasteiger partial charge in [-0.2, -0.15) is 0 Å². The summed E-state index contributed by atoms with van der Waals surface area (Å²) in [5.74, 6) is 1.25. The average Bonchev–Trinajstić information content (AvgIpc) is 2.85. The Labute approximate surface area is 232 Å². The third kappa shape index (κ3) is 9.27. The van der Waals surface area contributed by atoms with Gasteiger partial charge >= 0.3 is 6.09 Å². The van der Waals surface area contributed by atoms with E-state index in [4.69, 9.17) is 14.5 Å². The Bertz CT molecular complexity index is 1230. The van der Waals surface area contributed by atoms with Gasteiger partial charge in [0.15, 0.2) is 0 Å². The van der Waals surface area contributed by atoms with Gasteiger partial charge in [-0.15, -0.1) is 0 Å². The standard InChI is InChI=1S/C28H36BrN5O4/c1-28(2,3)38-27(36)31-10-6-12-34(4)17-21-15-20(7-8-25(21)37-5)24-9-11-30-26(33-24)32-23-14-19(18-35)13-22(29)16-23/h7-9,11,13-16,35H,6,10,12,17-18H2,1-5H3,(H,31,36)(H,30,32,33). The van der Waals surface area contributed by atoms with Gasteiger partial charge in [-0.3, -0.25) is 0 Å². The number of carbonyl (C=O) groups is 1. The van der Waals surface area contributed by atoms with Gasteiger partial charge < -0.3 is 30.1 Å². The molecular formula is C28H36BrN5O4. The Morgan fingerprint density at radius 1 is 1.16 bits per heavy atom. The maximum absolute atomic E-state index is 11.8. The van der Waals surface area contributed by atoms with Crippen molar-refractivity contribution in [3.8, 4) is 17.0 Å². The molecule has 0 saturated carbocycles. The second kappa shape index (κ2) is 13.5. The summed E-state index contributed by atoms with van der Waals surface area (Å²) < 4.78 is 11.7. The predicted octanol–water partition coefficient (Wildman–Crippen LogP) is 5.50. The fourth-order valence-electron chi connectivity index (χ4n) is 3.81. The number of rotatable bonds is 11. The van der Waals surface area contributed by atoms with Gasteiger partial charge in [0, 0.05) is 40.6 Å². The van der Waals surface area contributed by atoms with E-state index in [1.165, 1.54) is 0 Å². The molecule has 2 aromatic carbocycles. The van der Waals surface area contributed by atoms with Crippen LogP contribution in [-0.2, 0) is 17.9 Å². The molecule has 9 nitrogen and oxygen atoms in total. The van der Waals surface area contributed by atoms with Crippen LogP contribution in [0.2, 0.25) is 0 Å². The van der Waals surface area contributed by atoms with Crippen molar-refractivity contribution >= 4 is 33.7 Å². The summed E-state index contributed by atoms with van der Waals surface area (Å²) >= 11 is 3.46. The molecular weight excluding hydrogens is 550 g/mol. The van der Waals surface area contributed by atoms with Crippen LogP contribution in [-0.4, -0.2) is 58.9 Å².